The Morgan fingerprint density at radius 3 is 2.43 bits per heavy atom. The van der Waals surface area contributed by atoms with E-state index in [9.17, 15) is 13.6 Å². The number of halogens is 2. The maximum Gasteiger partial charge on any atom is 0.255 e. The van der Waals surface area contributed by atoms with Crippen LogP contribution in [0.5, 0.6) is 0 Å². The summed E-state index contributed by atoms with van der Waals surface area (Å²) in [4.78, 5) is 15.4. The van der Waals surface area contributed by atoms with Crippen molar-refractivity contribution in [1.29, 1.82) is 0 Å². The molecule has 28 heavy (non-hydrogen) atoms. The molecule has 0 bridgehead atoms. The Morgan fingerprint density at radius 1 is 1.07 bits per heavy atom. The number of amides is 1. The highest BCUT2D eigenvalue weighted by Gasteiger charge is 2.21. The lowest BCUT2D eigenvalue weighted by molar-refractivity contribution is 0.102. The van der Waals surface area contributed by atoms with Crippen molar-refractivity contribution >= 4 is 22.5 Å². The van der Waals surface area contributed by atoms with Gasteiger partial charge in [-0.3, -0.25) is 4.79 Å². The van der Waals surface area contributed by atoms with Crippen LogP contribution in [-0.2, 0) is 0 Å². The number of anilines is 1. The van der Waals surface area contributed by atoms with Crippen LogP contribution in [0.25, 0.3) is 10.9 Å². The van der Waals surface area contributed by atoms with Crippen LogP contribution in [0.4, 0.5) is 14.5 Å². The largest absolute Gasteiger partial charge is 0.359 e. The van der Waals surface area contributed by atoms with Gasteiger partial charge in [-0.2, -0.15) is 0 Å². The minimum atomic E-state index is -0.940. The molecule has 3 nitrogen and oxygen atoms in total. The maximum absolute atomic E-state index is 13.5. The molecule has 1 fully saturated rings. The molecule has 1 aromatic heterocycles. The van der Waals surface area contributed by atoms with E-state index in [2.05, 4.69) is 17.2 Å². The average Bonchev–Trinajstić information content (AvgIpc) is 3.10. The molecule has 1 heterocycles. The zero-order valence-electron chi connectivity index (χ0n) is 15.9. The van der Waals surface area contributed by atoms with E-state index in [-0.39, 0.29) is 5.91 Å². The van der Waals surface area contributed by atoms with Crippen molar-refractivity contribution < 1.29 is 13.6 Å². The smallest absolute Gasteiger partial charge is 0.255 e. The van der Waals surface area contributed by atoms with Crippen LogP contribution in [0.15, 0.2) is 42.6 Å². The second-order valence-corrected chi connectivity index (χ2v) is 7.72. The number of nitrogens with one attached hydrogen (secondary N) is 2. The molecule has 1 aliphatic carbocycles. The highest BCUT2D eigenvalue weighted by molar-refractivity contribution is 6.09. The zero-order chi connectivity index (χ0) is 19.7. The highest BCUT2D eigenvalue weighted by Crippen LogP contribution is 2.37. The van der Waals surface area contributed by atoms with E-state index in [1.807, 2.05) is 24.3 Å². The average molecular weight is 382 g/mol. The first kappa shape index (κ1) is 18.7. The Morgan fingerprint density at radius 2 is 1.75 bits per heavy atom. The number of hydrogen-bond acceptors (Lipinski definition) is 1. The van der Waals surface area contributed by atoms with Gasteiger partial charge in [0, 0.05) is 23.2 Å². The van der Waals surface area contributed by atoms with E-state index < -0.39 is 11.6 Å². The Balaban J connectivity index is 1.46. The first-order valence-electron chi connectivity index (χ1n) is 9.92. The maximum atomic E-state index is 13.5. The third kappa shape index (κ3) is 3.66. The molecule has 4 rings (SSSR count). The summed E-state index contributed by atoms with van der Waals surface area (Å²) in [6, 6.07) is 9.93. The summed E-state index contributed by atoms with van der Waals surface area (Å²) in [6.45, 7) is 2.26. The zero-order valence-corrected chi connectivity index (χ0v) is 15.9. The van der Waals surface area contributed by atoms with Crippen molar-refractivity contribution in [2.75, 3.05) is 5.32 Å². The highest BCUT2D eigenvalue weighted by atomic mass is 19.2. The molecule has 1 amide bonds. The molecule has 146 valence electrons. The summed E-state index contributed by atoms with van der Waals surface area (Å²) in [5.74, 6) is -0.699. The molecule has 1 aliphatic rings. The van der Waals surface area contributed by atoms with E-state index in [0.717, 1.165) is 18.1 Å². The monoisotopic (exact) mass is 382 g/mol. The lowest BCUT2D eigenvalue weighted by Crippen LogP contribution is -2.14. The summed E-state index contributed by atoms with van der Waals surface area (Å²) >= 11 is 0. The fourth-order valence-electron chi connectivity index (χ4n) is 4.23. The van der Waals surface area contributed by atoms with Crippen molar-refractivity contribution in [2.24, 2.45) is 5.92 Å². The first-order valence-corrected chi connectivity index (χ1v) is 9.92. The van der Waals surface area contributed by atoms with E-state index in [1.54, 1.807) is 6.20 Å². The lowest BCUT2D eigenvalue weighted by atomic mass is 9.78. The second-order valence-electron chi connectivity index (χ2n) is 7.72. The van der Waals surface area contributed by atoms with Crippen LogP contribution < -0.4 is 5.32 Å². The van der Waals surface area contributed by atoms with Gasteiger partial charge in [-0.15, -0.1) is 0 Å². The Hall–Kier alpha value is -2.69. The first-order chi connectivity index (χ1) is 13.5. The van der Waals surface area contributed by atoms with Crippen molar-refractivity contribution in [2.45, 2.75) is 44.9 Å². The van der Waals surface area contributed by atoms with Crippen LogP contribution in [0.3, 0.4) is 0 Å². The molecule has 0 atom stereocenters. The number of carbonyl (C=O) groups excluding carboxylic acids is 1. The summed E-state index contributed by atoms with van der Waals surface area (Å²) < 4.78 is 26.9. The van der Waals surface area contributed by atoms with E-state index in [4.69, 9.17) is 0 Å². The summed E-state index contributed by atoms with van der Waals surface area (Å²) in [5, 5.41) is 3.22. The number of hydrogen-bond donors (Lipinski definition) is 2. The number of rotatable bonds is 4. The van der Waals surface area contributed by atoms with Crippen molar-refractivity contribution in [3.05, 3.63) is 65.4 Å². The van der Waals surface area contributed by atoms with Gasteiger partial charge in [0.15, 0.2) is 11.6 Å². The van der Waals surface area contributed by atoms with Crippen molar-refractivity contribution in [3.8, 4) is 0 Å². The molecule has 5 heteroatoms. The van der Waals surface area contributed by atoms with Crippen LogP contribution in [0.1, 0.15) is 60.9 Å². The molecular weight excluding hydrogens is 358 g/mol. The van der Waals surface area contributed by atoms with Crippen molar-refractivity contribution in [1.82, 2.24) is 4.98 Å². The number of aromatic amines is 1. The number of aromatic nitrogens is 1. The predicted molar refractivity (Wildman–Crippen MR) is 108 cm³/mol. The summed E-state index contributed by atoms with van der Waals surface area (Å²) in [5.41, 5.74) is 2.70. The summed E-state index contributed by atoms with van der Waals surface area (Å²) in [7, 11) is 0. The second kappa shape index (κ2) is 7.74. The minimum absolute atomic E-state index is 0.271. The fraction of sp³-hybridized carbons (Fsp3) is 0.348. The molecule has 0 aliphatic heterocycles. The fourth-order valence-corrected chi connectivity index (χ4v) is 4.23. The van der Waals surface area contributed by atoms with Gasteiger partial charge in [-0.1, -0.05) is 25.5 Å². The number of H-pyrrole nitrogens is 1. The lowest BCUT2D eigenvalue weighted by Gasteiger charge is -2.28. The van der Waals surface area contributed by atoms with Crippen LogP contribution in [-0.4, -0.2) is 10.9 Å². The van der Waals surface area contributed by atoms with Gasteiger partial charge < -0.3 is 10.3 Å². The van der Waals surface area contributed by atoms with Gasteiger partial charge in [-0.25, -0.2) is 8.78 Å². The normalized spacial score (nSPS) is 19.7. The third-order valence-electron chi connectivity index (χ3n) is 6.04. The minimum Gasteiger partial charge on any atom is -0.359 e. The molecule has 0 radical (unpaired) electrons. The molecule has 0 unspecified atom stereocenters. The van der Waals surface area contributed by atoms with Gasteiger partial charge in [0.1, 0.15) is 0 Å². The molecule has 2 aromatic carbocycles. The van der Waals surface area contributed by atoms with Crippen LogP contribution in [0, 0.1) is 17.6 Å². The third-order valence-corrected chi connectivity index (χ3v) is 6.04. The van der Waals surface area contributed by atoms with Crippen LogP contribution in [0.2, 0.25) is 0 Å². The van der Waals surface area contributed by atoms with Gasteiger partial charge in [0.25, 0.3) is 5.91 Å². The van der Waals surface area contributed by atoms with Gasteiger partial charge in [-0.05, 0) is 61.3 Å². The van der Waals surface area contributed by atoms with Gasteiger partial charge >= 0.3 is 0 Å². The van der Waals surface area contributed by atoms with E-state index in [1.165, 1.54) is 37.7 Å². The number of fused-ring (bicyclic) bond motifs is 1. The van der Waals surface area contributed by atoms with Crippen molar-refractivity contribution in [3.63, 3.8) is 0 Å². The Kier molecular flexibility index (Phi) is 5.16. The standard InChI is InChI=1S/C23H24F2N2O/c1-2-14-3-5-15(6-4-14)16-7-9-17(10-8-16)23(28)27-22-13-26-21-12-20(25)19(24)11-18(21)22/h7-15,26H,2-6H2,1H3,(H,27,28)/t14-,15-. The van der Waals surface area contributed by atoms with E-state index in [0.29, 0.717) is 28.1 Å². The molecule has 2 N–H and O–H groups in total. The van der Waals surface area contributed by atoms with E-state index >= 15 is 0 Å². The number of benzene rings is 2. The van der Waals surface area contributed by atoms with Crippen LogP contribution >= 0.6 is 0 Å². The summed E-state index contributed by atoms with van der Waals surface area (Å²) in [6.07, 6.45) is 7.78. The number of carbonyl (C=O) groups is 1. The molecule has 3 aromatic rings. The Labute approximate surface area is 163 Å². The Bertz CT molecular complexity index is 986. The van der Waals surface area contributed by atoms with Gasteiger partial charge in [0.2, 0.25) is 0 Å². The SMILES string of the molecule is CC[C@H]1CC[C@H](c2ccc(C(=O)Nc3c[nH]c4cc(F)c(F)cc34)cc2)CC1. The topological polar surface area (TPSA) is 44.9 Å². The quantitative estimate of drug-likeness (QED) is 0.540. The molecular formula is C23H24F2N2O. The predicted octanol–water partition coefficient (Wildman–Crippen LogP) is 6.38. The molecule has 1 saturated carbocycles. The molecule has 0 spiro atoms. The molecule has 0 saturated heterocycles. The van der Waals surface area contributed by atoms with Gasteiger partial charge in [0.05, 0.1) is 11.2 Å².